The van der Waals surface area contributed by atoms with Crippen LogP contribution in [0.2, 0.25) is 0 Å². The number of hydrogen-bond donors (Lipinski definition) is 2. The molecule has 0 radical (unpaired) electrons. The van der Waals surface area contributed by atoms with E-state index in [4.69, 9.17) is 10.5 Å². The van der Waals surface area contributed by atoms with E-state index in [0.717, 1.165) is 32.5 Å². The topological polar surface area (TPSA) is 67.6 Å². The molecule has 3 N–H and O–H groups in total. The zero-order valence-electron chi connectivity index (χ0n) is 12.9. The van der Waals surface area contributed by atoms with Crippen LogP contribution in [0.1, 0.15) is 37.0 Å². The van der Waals surface area contributed by atoms with Crippen molar-refractivity contribution in [3.63, 3.8) is 0 Å². The number of ether oxygens (including phenoxy) is 1. The number of anilines is 1. The number of rotatable bonds is 5. The molecule has 1 aliphatic heterocycles. The molecule has 1 aliphatic rings. The largest absolute Gasteiger partial charge is 0.492 e. The molecular formula is C16H25N3O2. The molecule has 5 nitrogen and oxygen atoms in total. The Labute approximate surface area is 126 Å². The normalized spacial score (nSPS) is 19.2. The lowest BCUT2D eigenvalue weighted by molar-refractivity contribution is 0.0906. The predicted molar refractivity (Wildman–Crippen MR) is 84.6 cm³/mol. The number of hydrogen-bond acceptors (Lipinski definition) is 4. The summed E-state index contributed by atoms with van der Waals surface area (Å²) in [6, 6.07) is 5.42. The van der Waals surface area contributed by atoms with Crippen molar-refractivity contribution in [2.45, 2.75) is 32.7 Å². The van der Waals surface area contributed by atoms with E-state index in [1.165, 1.54) is 0 Å². The van der Waals surface area contributed by atoms with Crippen LogP contribution >= 0.6 is 0 Å². The molecule has 1 unspecified atom stereocenters. The summed E-state index contributed by atoms with van der Waals surface area (Å²) in [7, 11) is 0. The SMILES string of the molecule is CCOc1ccc(C(=O)NC2CCCN(CC)C2)cc1N. The Balaban J connectivity index is 1.98. The van der Waals surface area contributed by atoms with Gasteiger partial charge in [0.1, 0.15) is 5.75 Å². The van der Waals surface area contributed by atoms with E-state index in [1.54, 1.807) is 18.2 Å². The summed E-state index contributed by atoms with van der Waals surface area (Å²) in [5.74, 6) is 0.566. The number of carbonyl (C=O) groups excluding carboxylic acids is 1. The Kier molecular flexibility index (Phi) is 5.44. The smallest absolute Gasteiger partial charge is 0.251 e. The Hall–Kier alpha value is -1.75. The quantitative estimate of drug-likeness (QED) is 0.813. The fraction of sp³-hybridized carbons (Fsp3) is 0.562. The Morgan fingerprint density at radius 2 is 2.29 bits per heavy atom. The Bertz CT molecular complexity index is 490. The highest BCUT2D eigenvalue weighted by Crippen LogP contribution is 2.22. The number of nitrogen functional groups attached to an aromatic ring is 1. The molecule has 0 bridgehead atoms. The number of nitrogens with one attached hydrogen (secondary N) is 1. The summed E-state index contributed by atoms with van der Waals surface area (Å²) in [6.07, 6.45) is 2.17. The van der Waals surface area contributed by atoms with Gasteiger partial charge in [0.15, 0.2) is 0 Å². The summed E-state index contributed by atoms with van der Waals surface area (Å²) in [6.45, 7) is 7.70. The van der Waals surface area contributed by atoms with Gasteiger partial charge in [0, 0.05) is 18.2 Å². The van der Waals surface area contributed by atoms with Gasteiger partial charge < -0.3 is 20.7 Å². The first kappa shape index (κ1) is 15.6. The molecule has 1 heterocycles. The number of amides is 1. The van der Waals surface area contributed by atoms with Crippen molar-refractivity contribution < 1.29 is 9.53 Å². The van der Waals surface area contributed by atoms with E-state index in [0.29, 0.717) is 23.6 Å². The molecule has 0 aromatic heterocycles. The molecule has 0 saturated carbocycles. The van der Waals surface area contributed by atoms with E-state index >= 15 is 0 Å². The number of carbonyl (C=O) groups is 1. The van der Waals surface area contributed by atoms with Gasteiger partial charge in [-0.05, 0) is 51.1 Å². The second-order valence-corrected chi connectivity index (χ2v) is 5.39. The summed E-state index contributed by atoms with van der Waals surface area (Å²) < 4.78 is 5.39. The third kappa shape index (κ3) is 4.11. The van der Waals surface area contributed by atoms with E-state index in [9.17, 15) is 4.79 Å². The molecule has 1 saturated heterocycles. The maximum atomic E-state index is 12.3. The maximum Gasteiger partial charge on any atom is 0.251 e. The second kappa shape index (κ2) is 7.31. The van der Waals surface area contributed by atoms with Crippen molar-refractivity contribution in [1.82, 2.24) is 10.2 Å². The molecule has 1 aromatic rings. The average molecular weight is 291 g/mol. The minimum absolute atomic E-state index is 0.0623. The first-order valence-electron chi connectivity index (χ1n) is 7.69. The number of likely N-dealkylation sites (N-methyl/N-ethyl adjacent to an activating group) is 1. The van der Waals surface area contributed by atoms with E-state index in [-0.39, 0.29) is 11.9 Å². The predicted octanol–water partition coefficient (Wildman–Crippen LogP) is 1.88. The highest BCUT2D eigenvalue weighted by atomic mass is 16.5. The number of piperidine rings is 1. The highest BCUT2D eigenvalue weighted by Gasteiger charge is 2.21. The lowest BCUT2D eigenvalue weighted by Crippen LogP contribution is -2.47. The number of nitrogens with zero attached hydrogens (tertiary/aromatic N) is 1. The fourth-order valence-corrected chi connectivity index (χ4v) is 2.71. The van der Waals surface area contributed by atoms with E-state index < -0.39 is 0 Å². The van der Waals surface area contributed by atoms with Crippen molar-refractivity contribution in [2.75, 3.05) is 32.0 Å². The van der Waals surface area contributed by atoms with Crippen LogP contribution in [0.4, 0.5) is 5.69 Å². The number of nitrogens with two attached hydrogens (primary N) is 1. The molecule has 21 heavy (non-hydrogen) atoms. The zero-order valence-corrected chi connectivity index (χ0v) is 12.9. The molecule has 1 fully saturated rings. The molecule has 0 spiro atoms. The lowest BCUT2D eigenvalue weighted by Gasteiger charge is -2.32. The van der Waals surface area contributed by atoms with E-state index in [2.05, 4.69) is 17.1 Å². The molecule has 0 aliphatic carbocycles. The van der Waals surface area contributed by atoms with Gasteiger partial charge in [-0.1, -0.05) is 6.92 Å². The van der Waals surface area contributed by atoms with Crippen LogP contribution in [-0.4, -0.2) is 43.1 Å². The lowest BCUT2D eigenvalue weighted by atomic mass is 10.0. The minimum atomic E-state index is -0.0623. The zero-order chi connectivity index (χ0) is 15.2. The molecular weight excluding hydrogens is 266 g/mol. The van der Waals surface area contributed by atoms with Gasteiger partial charge in [0.25, 0.3) is 5.91 Å². The van der Waals surface area contributed by atoms with Gasteiger partial charge in [0.05, 0.1) is 12.3 Å². The van der Waals surface area contributed by atoms with Crippen LogP contribution in [0.3, 0.4) is 0 Å². The van der Waals surface area contributed by atoms with Gasteiger partial charge in [-0.2, -0.15) is 0 Å². The highest BCUT2D eigenvalue weighted by molar-refractivity contribution is 5.95. The summed E-state index contributed by atoms with van der Waals surface area (Å²) >= 11 is 0. The van der Waals surface area contributed by atoms with E-state index in [1.807, 2.05) is 6.92 Å². The summed E-state index contributed by atoms with van der Waals surface area (Å²) in [5, 5.41) is 3.10. The molecule has 1 aromatic carbocycles. The number of benzene rings is 1. The summed E-state index contributed by atoms with van der Waals surface area (Å²) in [4.78, 5) is 14.7. The van der Waals surface area contributed by atoms with Crippen LogP contribution in [0.25, 0.3) is 0 Å². The number of likely N-dealkylation sites (tertiary alicyclic amines) is 1. The molecule has 1 amide bonds. The van der Waals surface area contributed by atoms with Crippen LogP contribution < -0.4 is 15.8 Å². The van der Waals surface area contributed by atoms with Crippen LogP contribution in [-0.2, 0) is 0 Å². The monoisotopic (exact) mass is 291 g/mol. The molecule has 116 valence electrons. The molecule has 1 atom stereocenters. The van der Waals surface area contributed by atoms with Crippen LogP contribution in [0.15, 0.2) is 18.2 Å². The third-order valence-electron chi connectivity index (χ3n) is 3.86. The molecule has 2 rings (SSSR count). The van der Waals surface area contributed by atoms with Gasteiger partial charge in [-0.3, -0.25) is 4.79 Å². The second-order valence-electron chi connectivity index (χ2n) is 5.39. The van der Waals surface area contributed by atoms with Crippen LogP contribution in [0, 0.1) is 0 Å². The van der Waals surface area contributed by atoms with Crippen molar-refractivity contribution in [2.24, 2.45) is 0 Å². The molecule has 5 heteroatoms. The standard InChI is InChI=1S/C16H25N3O2/c1-3-19-9-5-6-13(11-19)18-16(20)12-7-8-15(21-4-2)14(17)10-12/h7-8,10,13H,3-6,9,11,17H2,1-2H3,(H,18,20). The van der Waals surface area contributed by atoms with Crippen molar-refractivity contribution in [3.05, 3.63) is 23.8 Å². The van der Waals surface area contributed by atoms with Gasteiger partial charge in [-0.25, -0.2) is 0 Å². The van der Waals surface area contributed by atoms with Gasteiger partial charge >= 0.3 is 0 Å². The summed E-state index contributed by atoms with van der Waals surface area (Å²) in [5.41, 5.74) is 7.00. The van der Waals surface area contributed by atoms with Crippen molar-refractivity contribution >= 4 is 11.6 Å². The maximum absolute atomic E-state index is 12.3. The first-order chi connectivity index (χ1) is 10.1. The Morgan fingerprint density at radius 3 is 2.95 bits per heavy atom. The third-order valence-corrected chi connectivity index (χ3v) is 3.86. The minimum Gasteiger partial charge on any atom is -0.492 e. The average Bonchev–Trinajstić information content (AvgIpc) is 2.49. The Morgan fingerprint density at radius 1 is 1.48 bits per heavy atom. The van der Waals surface area contributed by atoms with Crippen molar-refractivity contribution in [1.29, 1.82) is 0 Å². The van der Waals surface area contributed by atoms with Crippen molar-refractivity contribution in [3.8, 4) is 5.75 Å². The van der Waals surface area contributed by atoms with Crippen LogP contribution in [0.5, 0.6) is 5.75 Å². The first-order valence-corrected chi connectivity index (χ1v) is 7.69. The van der Waals surface area contributed by atoms with Gasteiger partial charge in [-0.15, -0.1) is 0 Å². The van der Waals surface area contributed by atoms with Gasteiger partial charge in [0.2, 0.25) is 0 Å². The fourth-order valence-electron chi connectivity index (χ4n) is 2.71.